The van der Waals surface area contributed by atoms with Crippen molar-refractivity contribution in [3.05, 3.63) is 35.9 Å². The molecule has 1 fully saturated rings. The monoisotopic (exact) mass is 236 g/mol. The third kappa shape index (κ3) is 2.50. The van der Waals surface area contributed by atoms with E-state index < -0.39 is 5.60 Å². The van der Waals surface area contributed by atoms with Gasteiger partial charge in [0, 0.05) is 26.7 Å². The molecule has 4 nitrogen and oxygen atoms in total. The Labute approximate surface area is 102 Å². The molecular formula is C13H20N2O2. The number of ether oxygens (including phenoxy) is 1. The van der Waals surface area contributed by atoms with Crippen molar-refractivity contribution in [3.8, 4) is 0 Å². The highest BCUT2D eigenvalue weighted by molar-refractivity contribution is 5.26. The van der Waals surface area contributed by atoms with Crippen LogP contribution in [-0.4, -0.2) is 49.4 Å². The average Bonchev–Trinajstić information content (AvgIpc) is 2.65. The Bertz CT molecular complexity index is 358. The molecule has 2 atom stereocenters. The fraction of sp³-hybridized carbons (Fsp3) is 0.538. The van der Waals surface area contributed by atoms with E-state index in [1.807, 2.05) is 30.3 Å². The Hall–Kier alpha value is -0.940. The van der Waals surface area contributed by atoms with Gasteiger partial charge in [0.1, 0.15) is 5.60 Å². The van der Waals surface area contributed by atoms with Crippen molar-refractivity contribution >= 4 is 0 Å². The van der Waals surface area contributed by atoms with E-state index in [0.717, 1.165) is 12.1 Å². The highest BCUT2D eigenvalue weighted by Gasteiger charge is 2.44. The van der Waals surface area contributed by atoms with Crippen LogP contribution < -0.4 is 5.73 Å². The highest BCUT2D eigenvalue weighted by Crippen LogP contribution is 2.30. The third-order valence-corrected chi connectivity index (χ3v) is 3.42. The summed E-state index contributed by atoms with van der Waals surface area (Å²) in [5, 5.41) is 10.7. The zero-order valence-corrected chi connectivity index (χ0v) is 10.2. The zero-order valence-electron chi connectivity index (χ0n) is 10.2. The van der Waals surface area contributed by atoms with Crippen LogP contribution in [0.4, 0.5) is 0 Å². The van der Waals surface area contributed by atoms with Crippen molar-refractivity contribution in [2.75, 3.05) is 33.4 Å². The van der Waals surface area contributed by atoms with Gasteiger partial charge in [-0.15, -0.1) is 0 Å². The summed E-state index contributed by atoms with van der Waals surface area (Å²) in [4.78, 5) is 2.14. The first-order valence-electron chi connectivity index (χ1n) is 5.91. The number of aliphatic hydroxyl groups is 1. The number of rotatable bonds is 4. The van der Waals surface area contributed by atoms with Gasteiger partial charge in [0.25, 0.3) is 0 Å². The lowest BCUT2D eigenvalue weighted by Crippen LogP contribution is -2.44. The van der Waals surface area contributed by atoms with Gasteiger partial charge in [-0.3, -0.25) is 4.90 Å². The third-order valence-electron chi connectivity index (χ3n) is 3.42. The molecular weight excluding hydrogens is 216 g/mol. The summed E-state index contributed by atoms with van der Waals surface area (Å²) in [6.07, 6.45) is 0. The molecule has 3 N–H and O–H groups in total. The number of β-amino-alcohol motifs (C(OH)–C–C–N with tert-alkyl or cyclic N) is 1. The SMILES string of the molecule is COCCN1C[C@@H](N)[C@](O)(c2ccccc2)C1. The van der Waals surface area contributed by atoms with Gasteiger partial charge in [-0.1, -0.05) is 30.3 Å². The van der Waals surface area contributed by atoms with Gasteiger partial charge >= 0.3 is 0 Å². The molecule has 94 valence electrons. The molecule has 17 heavy (non-hydrogen) atoms. The van der Waals surface area contributed by atoms with Gasteiger partial charge in [-0.05, 0) is 5.56 Å². The molecule has 0 saturated carbocycles. The van der Waals surface area contributed by atoms with Gasteiger partial charge in [0.2, 0.25) is 0 Å². The second-order valence-corrected chi connectivity index (χ2v) is 4.62. The minimum Gasteiger partial charge on any atom is -0.383 e. The van der Waals surface area contributed by atoms with E-state index in [0.29, 0.717) is 19.7 Å². The second-order valence-electron chi connectivity index (χ2n) is 4.62. The normalized spacial score (nSPS) is 29.7. The van der Waals surface area contributed by atoms with Crippen molar-refractivity contribution in [1.29, 1.82) is 0 Å². The molecule has 0 bridgehead atoms. The Balaban J connectivity index is 2.11. The summed E-state index contributed by atoms with van der Waals surface area (Å²) in [7, 11) is 1.68. The highest BCUT2D eigenvalue weighted by atomic mass is 16.5. The van der Waals surface area contributed by atoms with Gasteiger partial charge in [-0.2, -0.15) is 0 Å². The zero-order chi connectivity index (χ0) is 12.3. The predicted molar refractivity (Wildman–Crippen MR) is 66.6 cm³/mol. The van der Waals surface area contributed by atoms with Gasteiger partial charge in [-0.25, -0.2) is 0 Å². The minimum atomic E-state index is -0.936. The molecule has 1 aromatic carbocycles. The summed E-state index contributed by atoms with van der Waals surface area (Å²) in [6, 6.07) is 9.41. The molecule has 0 aromatic heterocycles. The van der Waals surface area contributed by atoms with E-state index in [1.54, 1.807) is 7.11 Å². The van der Waals surface area contributed by atoms with Crippen LogP contribution >= 0.6 is 0 Å². The first kappa shape index (κ1) is 12.5. The molecule has 1 aliphatic heterocycles. The molecule has 0 unspecified atom stereocenters. The maximum absolute atomic E-state index is 10.7. The van der Waals surface area contributed by atoms with Crippen LogP contribution in [0.5, 0.6) is 0 Å². The Morgan fingerprint density at radius 2 is 2.18 bits per heavy atom. The quantitative estimate of drug-likeness (QED) is 0.782. The summed E-state index contributed by atoms with van der Waals surface area (Å²) >= 11 is 0. The Kier molecular flexibility index (Phi) is 3.79. The number of hydrogen-bond donors (Lipinski definition) is 2. The summed E-state index contributed by atoms with van der Waals surface area (Å²) < 4.78 is 5.05. The van der Waals surface area contributed by atoms with E-state index in [-0.39, 0.29) is 6.04 Å². The van der Waals surface area contributed by atoms with Crippen LogP contribution in [0.3, 0.4) is 0 Å². The predicted octanol–water partition coefficient (Wildman–Crippen LogP) is 0.164. The number of nitrogens with zero attached hydrogens (tertiary/aromatic N) is 1. The van der Waals surface area contributed by atoms with Crippen molar-refractivity contribution in [2.45, 2.75) is 11.6 Å². The molecule has 1 saturated heterocycles. The van der Waals surface area contributed by atoms with Crippen LogP contribution in [-0.2, 0) is 10.3 Å². The lowest BCUT2D eigenvalue weighted by molar-refractivity contribution is 0.0309. The second kappa shape index (κ2) is 5.14. The number of benzene rings is 1. The molecule has 0 spiro atoms. The standard InChI is InChI=1S/C13H20N2O2/c1-17-8-7-15-9-12(14)13(16,10-15)11-5-3-2-4-6-11/h2-6,12,16H,7-10,14H2,1H3/t12-,13-/m1/s1. The van der Waals surface area contributed by atoms with Crippen LogP contribution in [0.1, 0.15) is 5.56 Å². The van der Waals surface area contributed by atoms with Gasteiger partial charge in [0.05, 0.1) is 12.6 Å². The topological polar surface area (TPSA) is 58.7 Å². The molecule has 1 aliphatic rings. The summed E-state index contributed by atoms with van der Waals surface area (Å²) in [6.45, 7) is 2.74. The van der Waals surface area contributed by atoms with Crippen molar-refractivity contribution < 1.29 is 9.84 Å². The van der Waals surface area contributed by atoms with Crippen LogP contribution in [0.2, 0.25) is 0 Å². The maximum Gasteiger partial charge on any atom is 0.118 e. The van der Waals surface area contributed by atoms with Gasteiger partial charge < -0.3 is 15.6 Å². The Morgan fingerprint density at radius 1 is 1.47 bits per heavy atom. The van der Waals surface area contributed by atoms with E-state index in [9.17, 15) is 5.11 Å². The maximum atomic E-state index is 10.7. The lowest BCUT2D eigenvalue weighted by Gasteiger charge is -2.27. The molecule has 0 radical (unpaired) electrons. The number of hydrogen-bond acceptors (Lipinski definition) is 4. The van der Waals surface area contributed by atoms with Crippen molar-refractivity contribution in [3.63, 3.8) is 0 Å². The summed E-state index contributed by atoms with van der Waals surface area (Å²) in [5.74, 6) is 0. The number of likely N-dealkylation sites (tertiary alicyclic amines) is 1. The van der Waals surface area contributed by atoms with Crippen LogP contribution in [0.25, 0.3) is 0 Å². The number of methoxy groups -OCH3 is 1. The van der Waals surface area contributed by atoms with Crippen molar-refractivity contribution in [2.24, 2.45) is 5.73 Å². The molecule has 0 aliphatic carbocycles. The van der Waals surface area contributed by atoms with Gasteiger partial charge in [0.15, 0.2) is 0 Å². The lowest BCUT2D eigenvalue weighted by atomic mass is 9.90. The smallest absolute Gasteiger partial charge is 0.118 e. The first-order valence-corrected chi connectivity index (χ1v) is 5.91. The molecule has 2 rings (SSSR count). The average molecular weight is 236 g/mol. The van der Waals surface area contributed by atoms with E-state index in [1.165, 1.54) is 0 Å². The fourth-order valence-electron chi connectivity index (χ4n) is 2.37. The molecule has 1 heterocycles. The fourth-order valence-corrected chi connectivity index (χ4v) is 2.37. The largest absolute Gasteiger partial charge is 0.383 e. The van der Waals surface area contributed by atoms with E-state index in [2.05, 4.69) is 4.90 Å². The first-order chi connectivity index (χ1) is 8.16. The number of nitrogens with two attached hydrogens (primary N) is 1. The molecule has 0 amide bonds. The Morgan fingerprint density at radius 3 is 2.82 bits per heavy atom. The van der Waals surface area contributed by atoms with E-state index in [4.69, 9.17) is 10.5 Å². The minimum absolute atomic E-state index is 0.248. The van der Waals surface area contributed by atoms with Crippen molar-refractivity contribution in [1.82, 2.24) is 4.90 Å². The molecule has 1 aromatic rings. The van der Waals surface area contributed by atoms with Crippen LogP contribution in [0.15, 0.2) is 30.3 Å². The molecule has 4 heteroatoms. The van der Waals surface area contributed by atoms with E-state index >= 15 is 0 Å². The summed E-state index contributed by atoms with van der Waals surface area (Å²) in [5.41, 5.74) is 6.04. The van der Waals surface area contributed by atoms with Crippen LogP contribution in [0, 0.1) is 0 Å².